The van der Waals surface area contributed by atoms with E-state index in [2.05, 4.69) is 14.8 Å². The molecule has 2 aromatic heterocycles. The molecule has 1 aromatic carbocycles. The first-order valence-electron chi connectivity index (χ1n) is 12.9. The van der Waals surface area contributed by atoms with Crippen LogP contribution in [0.2, 0.25) is 5.02 Å². The molecule has 224 valence electrons. The number of nitrogens with zero attached hydrogens (tertiary/aromatic N) is 5. The number of ether oxygens (including phenoxy) is 1. The van der Waals surface area contributed by atoms with Crippen LogP contribution in [0.15, 0.2) is 52.7 Å². The Morgan fingerprint density at radius 3 is 2.76 bits per heavy atom. The first-order chi connectivity index (χ1) is 20.0. The number of carbonyl (C=O) groups is 1. The Morgan fingerprint density at radius 2 is 2.10 bits per heavy atom. The zero-order valence-electron chi connectivity index (χ0n) is 22.2. The zero-order valence-corrected chi connectivity index (χ0v) is 24.6. The Bertz CT molecular complexity index is 1630. The molecule has 2 aliphatic rings. The number of thiazole rings is 1. The molecular weight excluding hydrogens is 617 g/mol. The summed E-state index contributed by atoms with van der Waals surface area (Å²) in [6.07, 6.45) is 3.63. The highest BCUT2D eigenvalue weighted by atomic mass is 35.5. The number of aliphatic imine (C=N–C) groups is 1. The van der Waals surface area contributed by atoms with Gasteiger partial charge in [-0.1, -0.05) is 17.7 Å². The van der Waals surface area contributed by atoms with Crippen LogP contribution in [0, 0.1) is 5.82 Å². The van der Waals surface area contributed by atoms with Crippen LogP contribution in [0.4, 0.5) is 13.2 Å². The topological polar surface area (TPSA) is 119 Å². The molecule has 10 nitrogen and oxygen atoms in total. The van der Waals surface area contributed by atoms with E-state index in [1.54, 1.807) is 11.6 Å². The Morgan fingerprint density at radius 1 is 1.29 bits per heavy atom. The van der Waals surface area contributed by atoms with Crippen molar-refractivity contribution in [3.63, 3.8) is 0 Å². The Hall–Kier alpha value is -3.27. The van der Waals surface area contributed by atoms with Crippen LogP contribution in [0.1, 0.15) is 55.0 Å². The number of amidine groups is 1. The van der Waals surface area contributed by atoms with Crippen molar-refractivity contribution in [3.05, 3.63) is 74.8 Å². The van der Waals surface area contributed by atoms with Gasteiger partial charge in [-0.15, -0.1) is 11.3 Å². The summed E-state index contributed by atoms with van der Waals surface area (Å²) >= 11 is 7.79. The van der Waals surface area contributed by atoms with Gasteiger partial charge >= 0.3 is 12.5 Å². The van der Waals surface area contributed by atoms with Crippen molar-refractivity contribution in [1.82, 2.24) is 24.4 Å². The van der Waals surface area contributed by atoms with Gasteiger partial charge in [0.15, 0.2) is 10.8 Å². The van der Waals surface area contributed by atoms with Gasteiger partial charge in [0.25, 0.3) is 0 Å². The number of hydrogen-bond donors (Lipinski definition) is 1. The molecule has 4 heterocycles. The molecule has 1 N–H and O–H groups in total. The lowest BCUT2D eigenvalue weighted by molar-refractivity contribution is -0.141. The molecule has 42 heavy (non-hydrogen) atoms. The lowest BCUT2D eigenvalue weighted by Gasteiger charge is -2.32. The van der Waals surface area contributed by atoms with Crippen LogP contribution < -0.4 is 4.72 Å². The summed E-state index contributed by atoms with van der Waals surface area (Å²) < 4.78 is 75.0. The van der Waals surface area contributed by atoms with Crippen molar-refractivity contribution in [2.75, 3.05) is 18.9 Å². The van der Waals surface area contributed by atoms with E-state index in [4.69, 9.17) is 21.3 Å². The second kappa shape index (κ2) is 12.5. The molecule has 2 atom stereocenters. The summed E-state index contributed by atoms with van der Waals surface area (Å²) in [6.45, 7) is -1.27. The van der Waals surface area contributed by atoms with Crippen LogP contribution in [-0.4, -0.2) is 64.8 Å². The Balaban J connectivity index is 1.52. The molecule has 0 aliphatic carbocycles. The summed E-state index contributed by atoms with van der Waals surface area (Å²) in [5.74, 6) is -0.703. The molecule has 0 radical (unpaired) electrons. The maximum Gasteiger partial charge on any atom is 0.333 e. The molecule has 0 saturated carbocycles. The molecule has 3 aromatic rings. The van der Waals surface area contributed by atoms with Crippen molar-refractivity contribution in [2.45, 2.75) is 44.8 Å². The van der Waals surface area contributed by atoms with Gasteiger partial charge in [0.1, 0.15) is 11.9 Å². The van der Waals surface area contributed by atoms with Crippen LogP contribution >= 0.6 is 22.9 Å². The average Bonchev–Trinajstić information content (AvgIpc) is 3.68. The number of sulfonamides is 1. The van der Waals surface area contributed by atoms with Crippen LogP contribution in [-0.2, 0) is 19.6 Å². The third-order valence-electron chi connectivity index (χ3n) is 6.68. The molecule has 2 aliphatic heterocycles. The number of benzene rings is 1. The minimum Gasteiger partial charge on any atom is -0.466 e. The summed E-state index contributed by atoms with van der Waals surface area (Å²) in [4.78, 5) is 22.1. The van der Waals surface area contributed by atoms with Gasteiger partial charge in [-0.25, -0.2) is 27.2 Å². The summed E-state index contributed by atoms with van der Waals surface area (Å²) in [5, 5.41) is 6.50. The molecule has 16 heteroatoms. The first-order valence-corrected chi connectivity index (χ1v) is 15.8. The van der Waals surface area contributed by atoms with E-state index in [1.807, 2.05) is 4.90 Å². The zero-order chi connectivity index (χ0) is 30.0. The van der Waals surface area contributed by atoms with E-state index in [9.17, 15) is 26.4 Å². The standard InChI is InChI=1S/C26H26ClF3N6O4S2/c1-15(37)40-9-2-3-11-42(38,39)34-17-13-21-22(20-6-8-36(33-20)26(29)30)23(18-5-4-16(28)12-19(18)27)32-24(35(21)14-17)25-31-7-10-41-25/h4-8,10,12,17,23,26,34H,2-3,9,11,13-14H2,1H3/t17-,23-/m0/s1. The second-order valence-corrected chi connectivity index (χ2v) is 12.8. The number of fused-ring (bicyclic) bond motifs is 1. The quantitative estimate of drug-likeness (QED) is 0.236. The number of carbonyl (C=O) groups excluding carboxylic acids is 1. The molecule has 0 unspecified atom stereocenters. The van der Waals surface area contributed by atoms with Crippen molar-refractivity contribution >= 4 is 50.3 Å². The number of unbranched alkanes of at least 4 members (excludes halogenated alkanes) is 1. The lowest BCUT2D eigenvalue weighted by Crippen LogP contribution is -2.40. The average molecular weight is 643 g/mol. The molecule has 0 amide bonds. The van der Waals surface area contributed by atoms with E-state index < -0.39 is 40.4 Å². The maximum absolute atomic E-state index is 14.0. The molecule has 1 saturated heterocycles. The monoisotopic (exact) mass is 642 g/mol. The molecule has 1 fully saturated rings. The minimum atomic E-state index is -3.72. The number of esters is 1. The highest BCUT2D eigenvalue weighted by Crippen LogP contribution is 2.46. The molecule has 5 rings (SSSR count). The van der Waals surface area contributed by atoms with Crippen molar-refractivity contribution < 1.29 is 31.1 Å². The van der Waals surface area contributed by atoms with Gasteiger partial charge in [0.2, 0.25) is 10.0 Å². The fourth-order valence-corrected chi connectivity index (χ4v) is 7.23. The van der Waals surface area contributed by atoms with Gasteiger partial charge in [0.05, 0.1) is 18.1 Å². The summed E-state index contributed by atoms with van der Waals surface area (Å²) in [7, 11) is -3.72. The highest BCUT2D eigenvalue weighted by molar-refractivity contribution is 7.89. The van der Waals surface area contributed by atoms with Crippen molar-refractivity contribution in [1.29, 1.82) is 0 Å². The van der Waals surface area contributed by atoms with Gasteiger partial charge in [-0.3, -0.25) is 9.79 Å². The van der Waals surface area contributed by atoms with Crippen molar-refractivity contribution in [2.24, 2.45) is 4.99 Å². The predicted molar refractivity (Wildman–Crippen MR) is 151 cm³/mol. The number of nitrogens with one attached hydrogen (secondary N) is 1. The Kier molecular flexibility index (Phi) is 9.01. The van der Waals surface area contributed by atoms with E-state index in [0.29, 0.717) is 38.8 Å². The molecule has 0 spiro atoms. The fourth-order valence-electron chi connectivity index (χ4n) is 4.96. The molecular formula is C26H26ClF3N6O4S2. The number of alkyl halides is 2. The second-order valence-electron chi connectivity index (χ2n) is 9.67. The van der Waals surface area contributed by atoms with Crippen LogP contribution in [0.25, 0.3) is 5.57 Å². The van der Waals surface area contributed by atoms with Crippen LogP contribution in [0.3, 0.4) is 0 Å². The van der Waals surface area contributed by atoms with Crippen LogP contribution in [0.5, 0.6) is 0 Å². The van der Waals surface area contributed by atoms with E-state index in [1.165, 1.54) is 36.5 Å². The minimum absolute atomic E-state index is 0.0890. The third-order valence-corrected chi connectivity index (χ3v) is 9.30. The van der Waals surface area contributed by atoms with E-state index in [-0.39, 0.29) is 42.5 Å². The number of rotatable bonds is 11. The van der Waals surface area contributed by atoms with Gasteiger partial charge in [0, 0.05) is 65.6 Å². The fraction of sp³-hybridized carbons (Fsp3) is 0.385. The molecule has 0 bridgehead atoms. The SMILES string of the molecule is CC(=O)OCCCCS(=O)(=O)N[C@H]1CC2=C(c3ccn(C(F)F)n3)[C@H](c3ccc(F)cc3Cl)N=C(c3nccs3)N2C1. The number of aromatic nitrogens is 3. The van der Waals surface area contributed by atoms with E-state index in [0.717, 1.165) is 12.3 Å². The van der Waals surface area contributed by atoms with E-state index >= 15 is 0 Å². The predicted octanol–water partition coefficient (Wildman–Crippen LogP) is 4.78. The summed E-state index contributed by atoms with van der Waals surface area (Å²) in [5.41, 5.74) is 1.70. The first kappa shape index (κ1) is 30.2. The third kappa shape index (κ3) is 6.69. The van der Waals surface area contributed by atoms with Gasteiger partial charge < -0.3 is 9.64 Å². The van der Waals surface area contributed by atoms with Gasteiger partial charge in [-0.05, 0) is 31.0 Å². The largest absolute Gasteiger partial charge is 0.466 e. The van der Waals surface area contributed by atoms with Gasteiger partial charge in [-0.2, -0.15) is 13.9 Å². The maximum atomic E-state index is 14.0. The smallest absolute Gasteiger partial charge is 0.333 e. The lowest BCUT2D eigenvalue weighted by atomic mass is 9.92. The Labute approximate surface area is 248 Å². The number of halogens is 4. The highest BCUT2D eigenvalue weighted by Gasteiger charge is 2.41. The van der Waals surface area contributed by atoms with Crippen molar-refractivity contribution in [3.8, 4) is 0 Å². The summed E-state index contributed by atoms with van der Waals surface area (Å²) in [6, 6.07) is 3.85. The normalized spacial score (nSPS) is 18.9. The number of hydrogen-bond acceptors (Lipinski definition) is 9.